The maximum absolute atomic E-state index is 11.5. The van der Waals surface area contributed by atoms with Gasteiger partial charge in [-0.25, -0.2) is 4.98 Å². The Balaban J connectivity index is 2.01. The topological polar surface area (TPSA) is 92.3 Å². The van der Waals surface area contributed by atoms with E-state index in [-0.39, 0.29) is 0 Å². The minimum atomic E-state index is -0.741. The van der Waals surface area contributed by atoms with Crippen molar-refractivity contribution in [2.75, 3.05) is 18.0 Å². The number of hydrogen-bond donors (Lipinski definition) is 1. The lowest BCUT2D eigenvalue weighted by molar-refractivity contribution is -0.147. The highest BCUT2D eigenvalue weighted by Gasteiger charge is 2.44. The summed E-state index contributed by atoms with van der Waals surface area (Å²) < 4.78 is 5.13. The quantitative estimate of drug-likeness (QED) is 0.910. The maximum atomic E-state index is 11.5. The fraction of sp³-hybridized carbons (Fsp3) is 0.538. The van der Waals surface area contributed by atoms with E-state index in [4.69, 9.17) is 4.52 Å². The van der Waals surface area contributed by atoms with Crippen LogP contribution in [0.1, 0.15) is 25.5 Å². The van der Waals surface area contributed by atoms with E-state index in [2.05, 4.69) is 15.1 Å². The van der Waals surface area contributed by atoms with Gasteiger partial charge in [-0.05, 0) is 19.8 Å². The first kappa shape index (κ1) is 12.8. The number of carbonyl (C=O) groups is 1. The molecule has 0 radical (unpaired) electrons. The molecule has 7 nitrogen and oxygen atoms in total. The first-order valence-electron chi connectivity index (χ1n) is 6.63. The highest BCUT2D eigenvalue weighted by Crippen LogP contribution is 2.38. The van der Waals surface area contributed by atoms with Gasteiger partial charge in [0.25, 0.3) is 5.71 Å². The Labute approximate surface area is 115 Å². The second-order valence-electron chi connectivity index (χ2n) is 5.26. The van der Waals surface area contributed by atoms with E-state index < -0.39 is 11.4 Å². The Morgan fingerprint density at radius 2 is 2.35 bits per heavy atom. The van der Waals surface area contributed by atoms with Gasteiger partial charge in [0.1, 0.15) is 17.5 Å². The average molecular weight is 276 g/mol. The van der Waals surface area contributed by atoms with Gasteiger partial charge >= 0.3 is 5.97 Å². The van der Waals surface area contributed by atoms with E-state index in [9.17, 15) is 9.90 Å². The molecule has 0 spiro atoms. The Hall–Kier alpha value is -2.18. The second-order valence-corrected chi connectivity index (χ2v) is 5.26. The third-order valence-electron chi connectivity index (χ3n) is 4.21. The predicted octanol–water partition coefficient (Wildman–Crippen LogP) is 1.62. The summed E-state index contributed by atoms with van der Waals surface area (Å²) in [7, 11) is 0. The van der Waals surface area contributed by atoms with Gasteiger partial charge in [-0.1, -0.05) is 12.1 Å². The predicted molar refractivity (Wildman–Crippen MR) is 71.5 cm³/mol. The van der Waals surface area contributed by atoms with Crippen LogP contribution in [0.3, 0.4) is 0 Å². The van der Waals surface area contributed by atoms with Crippen LogP contribution in [0, 0.1) is 12.3 Å². The number of hydrogen-bond acceptors (Lipinski definition) is 6. The number of nitrogens with zero attached hydrogens (tertiary/aromatic N) is 4. The SMILES string of the molecule is CCC1(C(=O)O)CCN(c2ncnc3onc(C)c23)C1. The molecule has 106 valence electrons. The van der Waals surface area contributed by atoms with Crippen LogP contribution in [0.2, 0.25) is 0 Å². The van der Waals surface area contributed by atoms with Crippen molar-refractivity contribution in [2.24, 2.45) is 5.41 Å². The third kappa shape index (κ3) is 1.73. The lowest BCUT2D eigenvalue weighted by Gasteiger charge is -2.23. The summed E-state index contributed by atoms with van der Waals surface area (Å²) in [5.41, 5.74) is 0.472. The molecule has 1 aliphatic heterocycles. The van der Waals surface area contributed by atoms with Crippen LogP contribution in [0.15, 0.2) is 10.9 Å². The highest BCUT2D eigenvalue weighted by molar-refractivity contribution is 5.88. The summed E-state index contributed by atoms with van der Waals surface area (Å²) in [5.74, 6) is -0.0276. The fourth-order valence-electron chi connectivity index (χ4n) is 2.81. The maximum Gasteiger partial charge on any atom is 0.311 e. The van der Waals surface area contributed by atoms with Gasteiger partial charge in [0.05, 0.1) is 11.1 Å². The van der Waals surface area contributed by atoms with Crippen LogP contribution in [0.5, 0.6) is 0 Å². The average Bonchev–Trinajstić information content (AvgIpc) is 3.04. The summed E-state index contributed by atoms with van der Waals surface area (Å²) in [4.78, 5) is 21.9. The Morgan fingerprint density at radius 3 is 3.00 bits per heavy atom. The summed E-state index contributed by atoms with van der Waals surface area (Å²) in [6, 6.07) is 0. The minimum absolute atomic E-state index is 0.442. The summed E-state index contributed by atoms with van der Waals surface area (Å²) >= 11 is 0. The van der Waals surface area contributed by atoms with Crippen molar-refractivity contribution in [3.8, 4) is 0 Å². The van der Waals surface area contributed by atoms with Crippen molar-refractivity contribution in [3.05, 3.63) is 12.0 Å². The van der Waals surface area contributed by atoms with Gasteiger partial charge in [0.15, 0.2) is 0 Å². The van der Waals surface area contributed by atoms with Crippen LogP contribution >= 0.6 is 0 Å². The van der Waals surface area contributed by atoms with Crippen LogP contribution in [0.25, 0.3) is 11.1 Å². The van der Waals surface area contributed by atoms with Crippen LogP contribution < -0.4 is 4.90 Å². The van der Waals surface area contributed by atoms with E-state index in [1.165, 1.54) is 6.33 Å². The number of fused-ring (bicyclic) bond motifs is 1. The largest absolute Gasteiger partial charge is 0.481 e. The molecule has 1 unspecified atom stereocenters. The van der Waals surface area contributed by atoms with Crippen LogP contribution in [-0.4, -0.2) is 39.3 Å². The molecule has 3 rings (SSSR count). The van der Waals surface area contributed by atoms with Crippen molar-refractivity contribution in [1.29, 1.82) is 0 Å². The number of carboxylic acid groups (broad SMARTS) is 1. The monoisotopic (exact) mass is 276 g/mol. The van der Waals surface area contributed by atoms with Gasteiger partial charge in [-0.2, -0.15) is 4.98 Å². The highest BCUT2D eigenvalue weighted by atomic mass is 16.5. The zero-order valence-electron chi connectivity index (χ0n) is 11.5. The standard InChI is InChI=1S/C13H16N4O3/c1-3-13(12(18)19)4-5-17(6-13)10-9-8(2)16-20-11(9)15-7-14-10/h7H,3-6H2,1-2H3,(H,18,19). The molecule has 0 amide bonds. The lowest BCUT2D eigenvalue weighted by atomic mass is 9.84. The number of rotatable bonds is 3. The van der Waals surface area contributed by atoms with Crippen LogP contribution in [-0.2, 0) is 4.79 Å². The molecule has 0 saturated carbocycles. The van der Waals surface area contributed by atoms with Crippen LogP contribution in [0.4, 0.5) is 5.82 Å². The van der Waals surface area contributed by atoms with Crippen molar-refractivity contribution in [2.45, 2.75) is 26.7 Å². The first-order chi connectivity index (χ1) is 9.57. The molecule has 3 heterocycles. The second kappa shape index (κ2) is 4.43. The van der Waals surface area contributed by atoms with Crippen molar-refractivity contribution in [3.63, 3.8) is 0 Å². The molecule has 1 atom stereocenters. The zero-order chi connectivity index (χ0) is 14.3. The van der Waals surface area contributed by atoms with E-state index in [0.717, 1.165) is 11.1 Å². The lowest BCUT2D eigenvalue weighted by Crippen LogP contribution is -2.34. The minimum Gasteiger partial charge on any atom is -0.481 e. The van der Waals surface area contributed by atoms with E-state index in [1.807, 2.05) is 18.7 Å². The van der Waals surface area contributed by atoms with Crippen molar-refractivity contribution < 1.29 is 14.4 Å². The number of aliphatic carboxylic acids is 1. The van der Waals surface area contributed by atoms with E-state index in [1.54, 1.807) is 0 Å². The molecule has 2 aromatic rings. The molecule has 1 N–H and O–H groups in total. The number of aromatic nitrogens is 3. The number of aryl methyl sites for hydroxylation is 1. The van der Waals surface area contributed by atoms with Gasteiger partial charge in [-0.3, -0.25) is 4.79 Å². The number of carboxylic acids is 1. The molecule has 0 aromatic carbocycles. The molecule has 1 fully saturated rings. The molecule has 0 aliphatic carbocycles. The summed E-state index contributed by atoms with van der Waals surface area (Å²) in [5, 5.41) is 14.1. The van der Waals surface area contributed by atoms with Crippen molar-refractivity contribution in [1.82, 2.24) is 15.1 Å². The zero-order valence-corrected chi connectivity index (χ0v) is 11.5. The molecular weight excluding hydrogens is 260 g/mol. The molecule has 7 heteroatoms. The molecular formula is C13H16N4O3. The normalized spacial score (nSPS) is 22.6. The van der Waals surface area contributed by atoms with Gasteiger partial charge in [0.2, 0.25) is 0 Å². The van der Waals surface area contributed by atoms with Crippen molar-refractivity contribution >= 4 is 22.9 Å². The molecule has 2 aromatic heterocycles. The smallest absolute Gasteiger partial charge is 0.311 e. The Morgan fingerprint density at radius 1 is 1.55 bits per heavy atom. The Kier molecular flexibility index (Phi) is 2.84. The van der Waals surface area contributed by atoms with Gasteiger partial charge < -0.3 is 14.5 Å². The van der Waals surface area contributed by atoms with Gasteiger partial charge in [0, 0.05) is 13.1 Å². The molecule has 1 aliphatic rings. The van der Waals surface area contributed by atoms with Gasteiger partial charge in [-0.15, -0.1) is 0 Å². The third-order valence-corrected chi connectivity index (χ3v) is 4.21. The molecule has 1 saturated heterocycles. The Bertz CT molecular complexity index is 669. The summed E-state index contributed by atoms with van der Waals surface area (Å²) in [6.45, 7) is 4.86. The fourth-order valence-corrected chi connectivity index (χ4v) is 2.81. The molecule has 20 heavy (non-hydrogen) atoms. The summed E-state index contributed by atoms with van der Waals surface area (Å²) in [6.07, 6.45) is 2.65. The number of anilines is 1. The first-order valence-corrected chi connectivity index (χ1v) is 6.63. The van der Waals surface area contributed by atoms with E-state index in [0.29, 0.717) is 37.5 Å². The molecule has 0 bridgehead atoms. The van der Waals surface area contributed by atoms with E-state index >= 15 is 0 Å².